The van der Waals surface area contributed by atoms with E-state index >= 15 is 0 Å². The van der Waals surface area contributed by atoms with Gasteiger partial charge in [-0.1, -0.05) is 30.8 Å². The van der Waals surface area contributed by atoms with E-state index in [2.05, 4.69) is 41.3 Å². The number of nitriles is 1. The van der Waals surface area contributed by atoms with Crippen molar-refractivity contribution in [3.05, 3.63) is 58.8 Å². The summed E-state index contributed by atoms with van der Waals surface area (Å²) in [7, 11) is 0. The van der Waals surface area contributed by atoms with E-state index in [1.165, 1.54) is 0 Å². The van der Waals surface area contributed by atoms with E-state index in [1.54, 1.807) is 0 Å². The maximum Gasteiger partial charge on any atom is 0.258 e. The monoisotopic (exact) mass is 500 g/mol. The molecule has 35 heavy (non-hydrogen) atoms. The molecular weight excluding hydrogens is 471 g/mol. The molecule has 4 aliphatic carbocycles. The molecule has 0 spiro atoms. The molecule has 4 bridgehead atoms. The number of carbonyl (C=O) groups excluding carboxylic acids is 2. The van der Waals surface area contributed by atoms with Gasteiger partial charge in [0.25, 0.3) is 5.91 Å². The molecule has 2 aliphatic heterocycles. The fraction of sp³-hybridized carbons (Fsp3) is 0.500. The first-order valence-electron chi connectivity index (χ1n) is 11.9. The van der Waals surface area contributed by atoms with Crippen LogP contribution in [0.5, 0.6) is 0 Å². The smallest absolute Gasteiger partial charge is 0.258 e. The van der Waals surface area contributed by atoms with Crippen LogP contribution in [0.2, 0.25) is 0 Å². The molecule has 6 aliphatic rings. The fourth-order valence-electron chi connectivity index (χ4n) is 5.78. The molecule has 4 fully saturated rings. The molecule has 2 heterocycles. The average molecular weight is 501 g/mol. The molecule has 0 aromatic rings. The number of nitrogens with zero attached hydrogens (tertiary/aromatic N) is 1. The minimum atomic E-state index is -0.771. The zero-order valence-electron chi connectivity index (χ0n) is 19.6. The summed E-state index contributed by atoms with van der Waals surface area (Å²) < 4.78 is 18.7. The number of hydrogen-bond acceptors (Lipinski definition) is 5. The second-order valence-electron chi connectivity index (χ2n) is 9.92. The van der Waals surface area contributed by atoms with Gasteiger partial charge in [-0.15, -0.1) is 0 Å². The molecule has 6 rings (SSSR count). The molecule has 1 unspecified atom stereocenters. The number of dihydropyridines is 1. The zero-order chi connectivity index (χ0) is 25.2. The maximum atomic E-state index is 13.4. The van der Waals surface area contributed by atoms with Crippen LogP contribution in [0.25, 0.3) is 0 Å². The first-order valence-corrected chi connectivity index (χ1v) is 12.2. The van der Waals surface area contributed by atoms with Crippen molar-refractivity contribution >= 4 is 23.4 Å². The Kier molecular flexibility index (Phi) is 7.09. The van der Waals surface area contributed by atoms with Crippen LogP contribution in [0.1, 0.15) is 57.8 Å². The highest BCUT2D eigenvalue weighted by Crippen LogP contribution is 2.55. The van der Waals surface area contributed by atoms with E-state index in [4.69, 9.17) is 21.6 Å². The molecule has 186 valence electrons. The van der Waals surface area contributed by atoms with Gasteiger partial charge in [-0.25, -0.2) is 4.39 Å². The normalized spacial score (nSPS) is 28.7. The summed E-state index contributed by atoms with van der Waals surface area (Å²) in [5, 5.41) is 18.3. The lowest BCUT2D eigenvalue weighted by Gasteiger charge is -2.48. The highest BCUT2D eigenvalue weighted by Gasteiger charge is 2.62. The summed E-state index contributed by atoms with van der Waals surface area (Å²) in [5.74, 6) is -1.15. The van der Waals surface area contributed by atoms with Crippen LogP contribution in [-0.4, -0.2) is 35.5 Å². The van der Waals surface area contributed by atoms with Crippen molar-refractivity contribution in [2.24, 2.45) is 0 Å². The van der Waals surface area contributed by atoms with E-state index in [-0.39, 0.29) is 46.3 Å². The Morgan fingerprint density at radius 2 is 2.00 bits per heavy atom. The Morgan fingerprint density at radius 1 is 1.29 bits per heavy atom. The largest absolute Gasteiger partial charge is 0.484 e. The van der Waals surface area contributed by atoms with Crippen LogP contribution in [0, 0.1) is 11.3 Å². The standard InChI is InChI=1S/C26H30ClFN4O3/c1-16(11-20(28)17(2)27)35-13-22(33)31-25-8-9-26(14-25,15-25)32-24(34)23-19-5-3-7-21(30-23)18(12-19)6-4-10-29/h11-12,23,30H,1-9,13-15H2,(H,31,33)(H,32,34)/b20-11+. The minimum absolute atomic E-state index is 0.0241. The second-order valence-corrected chi connectivity index (χ2v) is 10.4. The van der Waals surface area contributed by atoms with E-state index in [0.717, 1.165) is 55.0 Å². The number of nitrogens with one attached hydrogen (secondary N) is 3. The predicted octanol–water partition coefficient (Wildman–Crippen LogP) is 4.06. The Morgan fingerprint density at radius 3 is 2.69 bits per heavy atom. The topological polar surface area (TPSA) is 103 Å². The van der Waals surface area contributed by atoms with Gasteiger partial charge >= 0.3 is 0 Å². The van der Waals surface area contributed by atoms with E-state index < -0.39 is 5.83 Å². The summed E-state index contributed by atoms with van der Waals surface area (Å²) in [6.45, 7) is 6.52. The quantitative estimate of drug-likeness (QED) is 0.310. The van der Waals surface area contributed by atoms with Gasteiger partial charge in [0.15, 0.2) is 6.61 Å². The number of ether oxygens (including phenoxy) is 1. The van der Waals surface area contributed by atoms with Crippen molar-refractivity contribution in [1.82, 2.24) is 16.0 Å². The molecule has 9 heteroatoms. The summed E-state index contributed by atoms with van der Waals surface area (Å²) in [5.41, 5.74) is 2.62. The SMILES string of the molecule is C=C(/C=C(/F)C(=C)Cl)OCC(=O)NC12CCC(NC(=O)C3NC4=C(CCC#N)C=C3CCC4)(C1)C2. The van der Waals surface area contributed by atoms with Gasteiger partial charge in [0.05, 0.1) is 11.1 Å². The molecule has 0 aromatic carbocycles. The van der Waals surface area contributed by atoms with E-state index in [1.807, 2.05) is 0 Å². The number of allylic oxidation sites excluding steroid dienone is 6. The lowest BCUT2D eigenvalue weighted by atomic mass is 9.70. The van der Waals surface area contributed by atoms with Gasteiger partial charge in [-0.05, 0) is 62.5 Å². The maximum absolute atomic E-state index is 13.4. The van der Waals surface area contributed by atoms with Gasteiger partial charge in [0, 0.05) is 29.3 Å². The van der Waals surface area contributed by atoms with E-state index in [9.17, 15) is 14.0 Å². The van der Waals surface area contributed by atoms with Crippen molar-refractivity contribution in [2.75, 3.05) is 6.61 Å². The van der Waals surface area contributed by atoms with Crippen LogP contribution >= 0.6 is 11.6 Å². The summed E-state index contributed by atoms with van der Waals surface area (Å²) in [4.78, 5) is 25.6. The highest BCUT2D eigenvalue weighted by atomic mass is 35.5. The van der Waals surface area contributed by atoms with Crippen molar-refractivity contribution in [2.45, 2.75) is 74.9 Å². The number of fused-ring (bicyclic) bond motifs is 5. The van der Waals surface area contributed by atoms with Gasteiger partial charge in [-0.3, -0.25) is 9.59 Å². The van der Waals surface area contributed by atoms with Crippen LogP contribution < -0.4 is 16.0 Å². The van der Waals surface area contributed by atoms with Crippen LogP contribution in [-0.2, 0) is 14.3 Å². The number of halogens is 2. The van der Waals surface area contributed by atoms with Crippen LogP contribution in [0.15, 0.2) is 58.8 Å². The second kappa shape index (κ2) is 9.90. The van der Waals surface area contributed by atoms with Crippen molar-refractivity contribution < 1.29 is 18.7 Å². The fourth-order valence-corrected chi connectivity index (χ4v) is 5.84. The minimum Gasteiger partial charge on any atom is -0.484 e. The average Bonchev–Trinajstić information content (AvgIpc) is 3.13. The Hall–Kier alpha value is -3.05. The molecule has 3 saturated carbocycles. The molecule has 1 saturated heterocycles. The van der Waals surface area contributed by atoms with Crippen LogP contribution in [0.4, 0.5) is 4.39 Å². The van der Waals surface area contributed by atoms with Crippen LogP contribution in [0.3, 0.4) is 0 Å². The lowest BCUT2D eigenvalue weighted by molar-refractivity contribution is -0.128. The lowest BCUT2D eigenvalue weighted by Crippen LogP contribution is -2.66. The third-order valence-electron chi connectivity index (χ3n) is 7.26. The summed E-state index contributed by atoms with van der Waals surface area (Å²) in [6, 6.07) is 1.81. The predicted molar refractivity (Wildman–Crippen MR) is 130 cm³/mol. The van der Waals surface area contributed by atoms with E-state index in [0.29, 0.717) is 25.7 Å². The van der Waals surface area contributed by atoms with Gasteiger partial charge in [-0.2, -0.15) is 5.26 Å². The number of amides is 2. The summed E-state index contributed by atoms with van der Waals surface area (Å²) in [6.07, 6.45) is 9.89. The first-order chi connectivity index (χ1) is 16.6. The molecular formula is C26H30ClFN4O3. The molecule has 2 amide bonds. The first kappa shape index (κ1) is 25.1. The molecule has 1 atom stereocenters. The molecule has 0 radical (unpaired) electrons. The highest BCUT2D eigenvalue weighted by molar-refractivity contribution is 6.31. The van der Waals surface area contributed by atoms with Crippen molar-refractivity contribution in [3.63, 3.8) is 0 Å². The Bertz CT molecular complexity index is 1090. The zero-order valence-corrected chi connectivity index (χ0v) is 20.4. The molecule has 3 N–H and O–H groups in total. The Balaban J connectivity index is 1.27. The number of carbonyl (C=O) groups is 2. The van der Waals surface area contributed by atoms with Gasteiger partial charge in [0.2, 0.25) is 5.91 Å². The Labute approximate surface area is 209 Å². The van der Waals surface area contributed by atoms with Gasteiger partial charge in [0.1, 0.15) is 17.6 Å². The summed E-state index contributed by atoms with van der Waals surface area (Å²) >= 11 is 5.46. The number of hydrogen-bond donors (Lipinski definition) is 3. The van der Waals surface area contributed by atoms with Crippen molar-refractivity contribution in [3.8, 4) is 6.07 Å². The third kappa shape index (κ3) is 5.46. The van der Waals surface area contributed by atoms with Crippen molar-refractivity contribution in [1.29, 1.82) is 5.26 Å². The third-order valence-corrected chi connectivity index (χ3v) is 7.44. The molecule has 0 aromatic heterocycles. The van der Waals surface area contributed by atoms with Gasteiger partial charge < -0.3 is 20.7 Å². The molecule has 7 nitrogen and oxygen atoms in total. The number of rotatable bonds is 10.